The molecule has 3 rings (SSSR count). The van der Waals surface area contributed by atoms with Gasteiger partial charge in [0, 0.05) is 25.7 Å². The Balaban J connectivity index is 1.58. The molecule has 3 aromatic rings. The molecule has 1 N–H and O–H groups in total. The molecule has 21 heavy (non-hydrogen) atoms. The highest BCUT2D eigenvalue weighted by Crippen LogP contribution is 2.07. The van der Waals surface area contributed by atoms with E-state index in [1.54, 1.807) is 0 Å². The molecule has 0 saturated heterocycles. The standard InChI is InChI=1S/C16H15N5/c17-11-13-5-1-2-6-14(13)12-18-9-8-16-20-19-15-7-3-4-10-21(15)16/h1-7,10,18H,8-9,12H2. The van der Waals surface area contributed by atoms with Gasteiger partial charge in [-0.2, -0.15) is 5.26 Å². The minimum atomic E-state index is 0.681. The van der Waals surface area contributed by atoms with Crippen LogP contribution < -0.4 is 5.32 Å². The van der Waals surface area contributed by atoms with Gasteiger partial charge in [0.2, 0.25) is 0 Å². The molecule has 5 heteroatoms. The second kappa shape index (κ2) is 6.16. The SMILES string of the molecule is N#Cc1ccccc1CNCCc1nnc2ccccn12. The van der Waals surface area contributed by atoms with Gasteiger partial charge in [-0.05, 0) is 23.8 Å². The van der Waals surface area contributed by atoms with Crippen molar-refractivity contribution in [3.8, 4) is 6.07 Å². The lowest BCUT2D eigenvalue weighted by Gasteiger charge is -2.05. The van der Waals surface area contributed by atoms with Crippen LogP contribution in [0.2, 0.25) is 0 Å². The van der Waals surface area contributed by atoms with Crippen molar-refractivity contribution in [2.75, 3.05) is 6.54 Å². The largest absolute Gasteiger partial charge is 0.312 e. The third kappa shape index (κ3) is 2.91. The van der Waals surface area contributed by atoms with E-state index >= 15 is 0 Å². The van der Waals surface area contributed by atoms with Crippen LogP contribution in [-0.2, 0) is 13.0 Å². The lowest BCUT2D eigenvalue weighted by atomic mass is 10.1. The summed E-state index contributed by atoms with van der Waals surface area (Å²) in [6, 6.07) is 15.7. The average molecular weight is 277 g/mol. The molecule has 0 atom stereocenters. The Hall–Kier alpha value is -2.71. The molecule has 5 nitrogen and oxygen atoms in total. The number of nitrogens with zero attached hydrogens (tertiary/aromatic N) is 4. The van der Waals surface area contributed by atoms with Crippen molar-refractivity contribution in [1.29, 1.82) is 5.26 Å². The van der Waals surface area contributed by atoms with Crippen molar-refractivity contribution < 1.29 is 0 Å². The van der Waals surface area contributed by atoms with Gasteiger partial charge in [0.15, 0.2) is 5.65 Å². The van der Waals surface area contributed by atoms with E-state index in [0.717, 1.165) is 35.6 Å². The fourth-order valence-electron chi connectivity index (χ4n) is 2.27. The molecule has 1 aromatic carbocycles. The van der Waals surface area contributed by atoms with Crippen LogP contribution in [0.4, 0.5) is 0 Å². The van der Waals surface area contributed by atoms with Crippen molar-refractivity contribution in [2.45, 2.75) is 13.0 Å². The summed E-state index contributed by atoms with van der Waals surface area (Å²) in [5.74, 6) is 0.937. The van der Waals surface area contributed by atoms with Gasteiger partial charge in [-0.25, -0.2) is 0 Å². The molecular weight excluding hydrogens is 262 g/mol. The predicted molar refractivity (Wildman–Crippen MR) is 79.6 cm³/mol. The smallest absolute Gasteiger partial charge is 0.160 e. The first-order valence-electron chi connectivity index (χ1n) is 6.86. The minimum absolute atomic E-state index is 0.681. The van der Waals surface area contributed by atoms with E-state index < -0.39 is 0 Å². The van der Waals surface area contributed by atoms with E-state index in [-0.39, 0.29) is 0 Å². The number of hydrogen-bond acceptors (Lipinski definition) is 4. The second-order valence-electron chi connectivity index (χ2n) is 4.74. The third-order valence-corrected chi connectivity index (χ3v) is 3.36. The maximum absolute atomic E-state index is 9.04. The van der Waals surface area contributed by atoms with Crippen LogP contribution in [-0.4, -0.2) is 21.1 Å². The summed E-state index contributed by atoms with van der Waals surface area (Å²) < 4.78 is 1.99. The van der Waals surface area contributed by atoms with Crippen molar-refractivity contribution in [3.05, 3.63) is 65.6 Å². The van der Waals surface area contributed by atoms with E-state index in [0.29, 0.717) is 6.54 Å². The summed E-state index contributed by atoms with van der Waals surface area (Å²) in [7, 11) is 0. The topological polar surface area (TPSA) is 66.0 Å². The molecule has 0 aliphatic heterocycles. The maximum atomic E-state index is 9.04. The van der Waals surface area contributed by atoms with E-state index in [1.807, 2.05) is 53.1 Å². The number of nitriles is 1. The van der Waals surface area contributed by atoms with Gasteiger partial charge in [0.1, 0.15) is 5.82 Å². The monoisotopic (exact) mass is 277 g/mol. The molecule has 104 valence electrons. The van der Waals surface area contributed by atoms with Crippen LogP contribution in [0.25, 0.3) is 5.65 Å². The van der Waals surface area contributed by atoms with E-state index in [1.165, 1.54) is 0 Å². The predicted octanol–water partition coefficient (Wildman–Crippen LogP) is 1.93. The first-order chi connectivity index (χ1) is 10.4. The highest BCUT2D eigenvalue weighted by molar-refractivity contribution is 5.38. The third-order valence-electron chi connectivity index (χ3n) is 3.36. The van der Waals surface area contributed by atoms with Crippen molar-refractivity contribution >= 4 is 5.65 Å². The Morgan fingerprint density at radius 3 is 2.86 bits per heavy atom. The molecular formula is C16H15N5. The summed E-state index contributed by atoms with van der Waals surface area (Å²) in [5.41, 5.74) is 2.60. The molecule has 0 spiro atoms. The normalized spacial score (nSPS) is 10.6. The Morgan fingerprint density at radius 1 is 1.10 bits per heavy atom. The van der Waals surface area contributed by atoms with Gasteiger partial charge in [-0.3, -0.25) is 4.40 Å². The zero-order valence-electron chi connectivity index (χ0n) is 11.5. The van der Waals surface area contributed by atoms with E-state index in [9.17, 15) is 0 Å². The molecule has 0 unspecified atom stereocenters. The van der Waals surface area contributed by atoms with E-state index in [4.69, 9.17) is 5.26 Å². The van der Waals surface area contributed by atoms with Gasteiger partial charge in [-0.1, -0.05) is 24.3 Å². The molecule has 0 saturated carbocycles. The molecule has 0 aliphatic rings. The molecule has 0 amide bonds. The number of fused-ring (bicyclic) bond motifs is 1. The van der Waals surface area contributed by atoms with Crippen molar-refractivity contribution in [2.24, 2.45) is 0 Å². The van der Waals surface area contributed by atoms with E-state index in [2.05, 4.69) is 21.6 Å². The molecule has 0 aliphatic carbocycles. The summed E-state index contributed by atoms with van der Waals surface area (Å²) in [4.78, 5) is 0. The fourth-order valence-corrected chi connectivity index (χ4v) is 2.27. The zero-order chi connectivity index (χ0) is 14.5. The minimum Gasteiger partial charge on any atom is -0.312 e. The van der Waals surface area contributed by atoms with Gasteiger partial charge < -0.3 is 5.32 Å². The molecule has 0 bridgehead atoms. The maximum Gasteiger partial charge on any atom is 0.160 e. The number of rotatable bonds is 5. The Morgan fingerprint density at radius 2 is 1.95 bits per heavy atom. The van der Waals surface area contributed by atoms with Crippen molar-refractivity contribution in [3.63, 3.8) is 0 Å². The summed E-state index contributed by atoms with van der Waals surface area (Å²) in [6.07, 6.45) is 2.76. The van der Waals surface area contributed by atoms with Crippen LogP contribution in [0.15, 0.2) is 48.7 Å². The highest BCUT2D eigenvalue weighted by atomic mass is 15.2. The second-order valence-corrected chi connectivity index (χ2v) is 4.74. The number of nitrogens with one attached hydrogen (secondary N) is 1. The number of aromatic nitrogens is 3. The van der Waals surface area contributed by atoms with Gasteiger partial charge in [0.05, 0.1) is 11.6 Å². The summed E-state index contributed by atoms with van der Waals surface area (Å²) in [5, 5.41) is 20.7. The quantitative estimate of drug-likeness (QED) is 0.724. The molecule has 0 fully saturated rings. The zero-order valence-corrected chi connectivity index (χ0v) is 11.5. The van der Waals surface area contributed by atoms with Gasteiger partial charge in [0.25, 0.3) is 0 Å². The van der Waals surface area contributed by atoms with Crippen molar-refractivity contribution in [1.82, 2.24) is 19.9 Å². The molecule has 2 aromatic heterocycles. The Kier molecular flexibility index (Phi) is 3.90. The first kappa shape index (κ1) is 13.3. The highest BCUT2D eigenvalue weighted by Gasteiger charge is 2.04. The number of benzene rings is 1. The van der Waals surface area contributed by atoms with Gasteiger partial charge >= 0.3 is 0 Å². The van der Waals surface area contributed by atoms with Crippen LogP contribution in [0.5, 0.6) is 0 Å². The fraction of sp³-hybridized carbons (Fsp3) is 0.188. The average Bonchev–Trinajstić information content (AvgIpc) is 2.95. The van der Waals surface area contributed by atoms with Gasteiger partial charge in [-0.15, -0.1) is 10.2 Å². The lowest BCUT2D eigenvalue weighted by molar-refractivity contribution is 0.666. The number of pyridine rings is 1. The Bertz CT molecular complexity index is 784. The van der Waals surface area contributed by atoms with Crippen LogP contribution >= 0.6 is 0 Å². The lowest BCUT2D eigenvalue weighted by Crippen LogP contribution is -2.18. The van der Waals surface area contributed by atoms with Crippen LogP contribution in [0.3, 0.4) is 0 Å². The Labute approximate surface area is 122 Å². The summed E-state index contributed by atoms with van der Waals surface area (Å²) >= 11 is 0. The first-order valence-corrected chi connectivity index (χ1v) is 6.86. The molecule has 0 radical (unpaired) electrons. The van der Waals surface area contributed by atoms with Crippen LogP contribution in [0.1, 0.15) is 17.0 Å². The van der Waals surface area contributed by atoms with Crippen LogP contribution in [0, 0.1) is 11.3 Å². The number of hydrogen-bond donors (Lipinski definition) is 1. The molecule has 2 heterocycles. The summed E-state index contributed by atoms with van der Waals surface area (Å²) in [6.45, 7) is 1.47.